The average molecular weight is 187 g/mol. The van der Waals surface area contributed by atoms with Gasteiger partial charge in [-0.05, 0) is 12.1 Å². The molecule has 2 aromatic rings. The van der Waals surface area contributed by atoms with Crippen molar-refractivity contribution < 1.29 is 4.74 Å². The molecule has 2 heterocycles. The zero-order chi connectivity index (χ0) is 9.80. The van der Waals surface area contributed by atoms with Crippen molar-refractivity contribution >= 4 is 5.69 Å². The van der Waals surface area contributed by atoms with Crippen molar-refractivity contribution in [3.8, 4) is 11.8 Å². The molecule has 4 heteroatoms. The van der Waals surface area contributed by atoms with Crippen LogP contribution in [0.4, 0.5) is 5.69 Å². The van der Waals surface area contributed by atoms with Gasteiger partial charge in [0.05, 0.1) is 11.9 Å². The SMILES string of the molecule is Nc1ccc(Oc2ccccn2)nc1. The third-order valence-corrected chi connectivity index (χ3v) is 1.61. The zero-order valence-electron chi connectivity index (χ0n) is 7.42. The Labute approximate surface area is 81.4 Å². The molecular formula is C10H9N3O. The molecule has 0 fully saturated rings. The van der Waals surface area contributed by atoms with Crippen LogP contribution in [0, 0.1) is 0 Å². The monoisotopic (exact) mass is 187 g/mol. The van der Waals surface area contributed by atoms with E-state index in [1.165, 1.54) is 6.20 Å². The third-order valence-electron chi connectivity index (χ3n) is 1.61. The topological polar surface area (TPSA) is 61.0 Å². The number of pyridine rings is 2. The van der Waals surface area contributed by atoms with Crippen molar-refractivity contribution in [2.75, 3.05) is 5.73 Å². The van der Waals surface area contributed by atoms with Crippen molar-refractivity contribution in [3.63, 3.8) is 0 Å². The Kier molecular flexibility index (Phi) is 2.27. The van der Waals surface area contributed by atoms with E-state index < -0.39 is 0 Å². The van der Waals surface area contributed by atoms with Gasteiger partial charge >= 0.3 is 0 Å². The summed E-state index contributed by atoms with van der Waals surface area (Å²) in [4.78, 5) is 7.99. The molecule has 0 spiro atoms. The van der Waals surface area contributed by atoms with Crippen LogP contribution in [0.25, 0.3) is 0 Å². The number of nitrogens with zero attached hydrogens (tertiary/aromatic N) is 2. The molecule has 0 atom stereocenters. The van der Waals surface area contributed by atoms with Crippen LogP contribution >= 0.6 is 0 Å². The molecule has 4 nitrogen and oxygen atoms in total. The predicted octanol–water partition coefficient (Wildman–Crippen LogP) is 1.85. The first-order valence-corrected chi connectivity index (χ1v) is 4.15. The standard InChI is InChI=1S/C10H9N3O/c11-8-4-5-10(13-7-8)14-9-3-1-2-6-12-9/h1-7H,11H2. The van der Waals surface area contributed by atoms with Crippen molar-refractivity contribution in [1.82, 2.24) is 9.97 Å². The van der Waals surface area contributed by atoms with E-state index in [9.17, 15) is 0 Å². The summed E-state index contributed by atoms with van der Waals surface area (Å²) in [7, 11) is 0. The molecule has 70 valence electrons. The van der Waals surface area contributed by atoms with Gasteiger partial charge in [0, 0.05) is 18.3 Å². The summed E-state index contributed by atoms with van der Waals surface area (Å²) < 4.78 is 5.36. The van der Waals surface area contributed by atoms with E-state index in [0.717, 1.165) is 0 Å². The first-order valence-electron chi connectivity index (χ1n) is 4.15. The van der Waals surface area contributed by atoms with Crippen molar-refractivity contribution in [3.05, 3.63) is 42.7 Å². The van der Waals surface area contributed by atoms with E-state index in [4.69, 9.17) is 10.5 Å². The molecule has 14 heavy (non-hydrogen) atoms. The lowest BCUT2D eigenvalue weighted by Crippen LogP contribution is -1.91. The van der Waals surface area contributed by atoms with Gasteiger partial charge in [-0.2, -0.15) is 0 Å². The average Bonchev–Trinajstić information content (AvgIpc) is 2.23. The maximum absolute atomic E-state index is 5.49. The van der Waals surface area contributed by atoms with E-state index in [1.54, 1.807) is 24.4 Å². The fourth-order valence-corrected chi connectivity index (χ4v) is 0.967. The Morgan fingerprint density at radius 1 is 1.00 bits per heavy atom. The smallest absolute Gasteiger partial charge is 0.221 e. The highest BCUT2D eigenvalue weighted by molar-refractivity contribution is 5.36. The largest absolute Gasteiger partial charge is 0.421 e. The van der Waals surface area contributed by atoms with Gasteiger partial charge in [0.15, 0.2) is 0 Å². The van der Waals surface area contributed by atoms with Gasteiger partial charge in [0.25, 0.3) is 0 Å². The molecule has 0 amide bonds. The molecular weight excluding hydrogens is 178 g/mol. The Bertz CT molecular complexity index is 399. The lowest BCUT2D eigenvalue weighted by atomic mass is 10.4. The van der Waals surface area contributed by atoms with E-state index in [-0.39, 0.29) is 0 Å². The van der Waals surface area contributed by atoms with Crippen LogP contribution in [0.15, 0.2) is 42.7 Å². The van der Waals surface area contributed by atoms with Gasteiger partial charge in [-0.25, -0.2) is 9.97 Å². The number of rotatable bonds is 2. The molecule has 2 aromatic heterocycles. The molecule has 0 aliphatic heterocycles. The van der Waals surface area contributed by atoms with Crippen LogP contribution in [0.3, 0.4) is 0 Å². The normalized spacial score (nSPS) is 9.71. The number of nitrogen functional groups attached to an aromatic ring is 1. The maximum atomic E-state index is 5.49. The highest BCUT2D eigenvalue weighted by Crippen LogP contribution is 2.16. The Hall–Kier alpha value is -2.10. The van der Waals surface area contributed by atoms with Crippen LogP contribution in [-0.4, -0.2) is 9.97 Å². The lowest BCUT2D eigenvalue weighted by molar-refractivity contribution is 0.445. The highest BCUT2D eigenvalue weighted by atomic mass is 16.5. The number of anilines is 1. The molecule has 0 saturated carbocycles. The van der Waals surface area contributed by atoms with E-state index in [0.29, 0.717) is 17.4 Å². The third kappa shape index (κ3) is 1.98. The van der Waals surface area contributed by atoms with Crippen LogP contribution in [-0.2, 0) is 0 Å². The summed E-state index contributed by atoms with van der Waals surface area (Å²) in [6.07, 6.45) is 3.20. The Balaban J connectivity index is 2.16. The van der Waals surface area contributed by atoms with E-state index >= 15 is 0 Å². The summed E-state index contributed by atoms with van der Waals surface area (Å²) in [6.45, 7) is 0. The van der Waals surface area contributed by atoms with Crippen LogP contribution in [0.2, 0.25) is 0 Å². The first kappa shape index (κ1) is 8.50. The second-order valence-corrected chi connectivity index (χ2v) is 2.70. The van der Waals surface area contributed by atoms with Gasteiger partial charge < -0.3 is 10.5 Å². The number of nitrogens with two attached hydrogens (primary N) is 1. The van der Waals surface area contributed by atoms with Gasteiger partial charge in [0.2, 0.25) is 11.8 Å². The van der Waals surface area contributed by atoms with E-state index in [1.807, 2.05) is 12.1 Å². The molecule has 0 bridgehead atoms. The molecule has 2 rings (SSSR count). The summed E-state index contributed by atoms with van der Waals surface area (Å²) in [6, 6.07) is 8.86. The minimum Gasteiger partial charge on any atom is -0.421 e. The number of ether oxygens (including phenoxy) is 1. The number of aromatic nitrogens is 2. The second-order valence-electron chi connectivity index (χ2n) is 2.70. The van der Waals surface area contributed by atoms with Crippen molar-refractivity contribution in [1.29, 1.82) is 0 Å². The number of hydrogen-bond donors (Lipinski definition) is 1. The fraction of sp³-hybridized carbons (Fsp3) is 0. The molecule has 0 aliphatic rings. The van der Waals surface area contributed by atoms with Gasteiger partial charge in [-0.1, -0.05) is 6.07 Å². The molecule has 0 saturated heterocycles. The molecule has 0 aliphatic carbocycles. The minimum absolute atomic E-state index is 0.484. The molecule has 0 radical (unpaired) electrons. The number of hydrogen-bond acceptors (Lipinski definition) is 4. The minimum atomic E-state index is 0.484. The van der Waals surface area contributed by atoms with Gasteiger partial charge in [0.1, 0.15) is 0 Å². The summed E-state index contributed by atoms with van der Waals surface area (Å²) >= 11 is 0. The van der Waals surface area contributed by atoms with Crippen LogP contribution in [0.5, 0.6) is 11.8 Å². The van der Waals surface area contributed by atoms with Gasteiger partial charge in [-0.3, -0.25) is 0 Å². The Morgan fingerprint density at radius 3 is 2.50 bits per heavy atom. The molecule has 0 unspecified atom stereocenters. The Morgan fingerprint density at radius 2 is 1.86 bits per heavy atom. The van der Waals surface area contributed by atoms with E-state index in [2.05, 4.69) is 9.97 Å². The zero-order valence-corrected chi connectivity index (χ0v) is 7.42. The first-order chi connectivity index (χ1) is 6.84. The second kappa shape index (κ2) is 3.74. The molecule has 0 aromatic carbocycles. The predicted molar refractivity (Wildman–Crippen MR) is 53.0 cm³/mol. The van der Waals surface area contributed by atoms with Crippen LogP contribution < -0.4 is 10.5 Å². The maximum Gasteiger partial charge on any atom is 0.221 e. The summed E-state index contributed by atoms with van der Waals surface area (Å²) in [5, 5.41) is 0. The summed E-state index contributed by atoms with van der Waals surface area (Å²) in [5.41, 5.74) is 6.10. The van der Waals surface area contributed by atoms with Gasteiger partial charge in [-0.15, -0.1) is 0 Å². The fourth-order valence-electron chi connectivity index (χ4n) is 0.967. The summed E-state index contributed by atoms with van der Waals surface area (Å²) in [5.74, 6) is 1.00. The van der Waals surface area contributed by atoms with Crippen LogP contribution in [0.1, 0.15) is 0 Å². The quantitative estimate of drug-likeness (QED) is 0.779. The van der Waals surface area contributed by atoms with Crippen molar-refractivity contribution in [2.24, 2.45) is 0 Å². The van der Waals surface area contributed by atoms with Crippen molar-refractivity contribution in [2.45, 2.75) is 0 Å². The lowest BCUT2D eigenvalue weighted by Gasteiger charge is -2.02. The molecule has 2 N–H and O–H groups in total. The highest BCUT2D eigenvalue weighted by Gasteiger charge is 1.97.